The van der Waals surface area contributed by atoms with Crippen LogP contribution in [0.5, 0.6) is 5.75 Å². The van der Waals surface area contributed by atoms with Crippen molar-refractivity contribution in [3.05, 3.63) is 140 Å². The summed E-state index contributed by atoms with van der Waals surface area (Å²) in [6, 6.07) is 45.7. The third-order valence-electron chi connectivity index (χ3n) is 2.98. The van der Waals surface area contributed by atoms with Crippen molar-refractivity contribution in [3.8, 4) is 5.75 Å². The minimum atomic E-state index is 0. The largest absolute Gasteiger partial charge is 0.497 e. The number of methoxy groups -OCH3 is 4. The molecule has 0 bridgehead atoms. The summed E-state index contributed by atoms with van der Waals surface area (Å²) in [5, 5.41) is 0. The van der Waals surface area contributed by atoms with E-state index in [4.69, 9.17) is 4.74 Å². The van der Waals surface area contributed by atoms with Gasteiger partial charge in [0, 0.05) is 59.5 Å². The first-order valence-electron chi connectivity index (χ1n) is 17.0. The maximum atomic E-state index is 4.91. The van der Waals surface area contributed by atoms with E-state index in [2.05, 4.69) is 14.2 Å². The van der Waals surface area contributed by atoms with E-state index < -0.39 is 0 Å². The van der Waals surface area contributed by atoms with Crippen molar-refractivity contribution in [2.75, 3.05) is 49.8 Å². The van der Waals surface area contributed by atoms with Crippen LogP contribution in [0.1, 0.15) is 97.9 Å². The standard InChI is InChI=1S/C7H8O.3C6H6.3C2H6O.6C2H6.2CH4.2B/c1-8-7-5-3-2-4-6-7;3*1-2-4-6-5-3-1;3*1-3-2;6*1-2;;;;/h2-6H,1H3;3*1-6H;3*1-2H3;6*1-2H3;2*1H4;;. The highest BCUT2D eigenvalue weighted by Gasteiger charge is 1.80. The molecule has 6 heteroatoms. The summed E-state index contributed by atoms with van der Waals surface area (Å²) in [4.78, 5) is 0. The highest BCUT2D eigenvalue weighted by molar-refractivity contribution is 5.76. The fraction of sp³-hybridized carbons (Fsp3) is 0.467. The average Bonchev–Trinajstić information content (AvgIpc) is 3.20. The van der Waals surface area contributed by atoms with Crippen molar-refractivity contribution >= 4 is 16.8 Å². The second-order valence-corrected chi connectivity index (χ2v) is 6.21. The van der Waals surface area contributed by atoms with Gasteiger partial charge in [-0.25, -0.2) is 0 Å². The van der Waals surface area contributed by atoms with Gasteiger partial charge in [-0.2, -0.15) is 0 Å². The Kier molecular flexibility index (Phi) is 232. The van der Waals surface area contributed by atoms with Gasteiger partial charge in [-0.1, -0.05) is 225 Å². The van der Waals surface area contributed by atoms with E-state index in [9.17, 15) is 0 Å². The molecule has 0 atom stereocenters. The molecule has 0 aliphatic heterocycles. The molecule has 4 rings (SSSR count). The van der Waals surface area contributed by atoms with Crippen molar-refractivity contribution in [1.82, 2.24) is 0 Å². The Morgan fingerprint density at radius 2 is 0.353 bits per heavy atom. The second kappa shape index (κ2) is 137. The van der Waals surface area contributed by atoms with E-state index in [1.807, 2.05) is 223 Å². The third-order valence-corrected chi connectivity index (χ3v) is 2.98. The predicted molar refractivity (Wildman–Crippen MR) is 244 cm³/mol. The molecule has 0 N–H and O–H groups in total. The van der Waals surface area contributed by atoms with Gasteiger partial charge in [-0.05, 0) is 12.1 Å². The Morgan fingerprint density at radius 1 is 0.255 bits per heavy atom. The number of ether oxygens (including phenoxy) is 4. The van der Waals surface area contributed by atoms with Crippen molar-refractivity contribution in [2.45, 2.75) is 97.9 Å². The highest BCUT2D eigenvalue weighted by atomic mass is 16.5. The van der Waals surface area contributed by atoms with Gasteiger partial charge >= 0.3 is 0 Å². The maximum Gasteiger partial charge on any atom is 0.118 e. The molecule has 4 nitrogen and oxygen atoms in total. The number of para-hydroxylation sites is 1. The van der Waals surface area contributed by atoms with E-state index in [1.165, 1.54) is 0 Å². The molecule has 0 aliphatic carbocycles. The summed E-state index contributed by atoms with van der Waals surface area (Å²) < 4.78 is 17.7. The highest BCUT2D eigenvalue weighted by Crippen LogP contribution is 2.05. The van der Waals surface area contributed by atoms with Gasteiger partial charge in [0.25, 0.3) is 0 Å². The molecule has 0 aromatic heterocycles. The van der Waals surface area contributed by atoms with E-state index in [-0.39, 0.29) is 31.7 Å². The van der Waals surface area contributed by atoms with Crippen LogP contribution in [0.2, 0.25) is 0 Å². The van der Waals surface area contributed by atoms with Crippen LogP contribution in [0, 0.1) is 0 Å². The van der Waals surface area contributed by atoms with E-state index in [0.29, 0.717) is 0 Å². The molecule has 0 spiro atoms. The molecule has 0 saturated carbocycles. The molecule has 0 heterocycles. The molecule has 0 unspecified atom stereocenters. The van der Waals surface area contributed by atoms with Crippen LogP contribution in [0.25, 0.3) is 0 Å². The molecule has 0 aliphatic rings. The van der Waals surface area contributed by atoms with Crippen LogP contribution >= 0.6 is 0 Å². The van der Waals surface area contributed by atoms with E-state index >= 15 is 0 Å². The number of benzene rings is 4. The lowest BCUT2D eigenvalue weighted by atomic mass is 10.3. The Bertz CT molecular complexity index is 622. The van der Waals surface area contributed by atoms with E-state index in [0.717, 1.165) is 5.75 Å². The van der Waals surface area contributed by atoms with Crippen LogP contribution in [-0.4, -0.2) is 66.6 Å². The first-order chi connectivity index (χ1) is 23.2. The zero-order chi connectivity index (χ0) is 38.7. The van der Waals surface area contributed by atoms with Crippen molar-refractivity contribution in [2.24, 2.45) is 0 Å². The minimum absolute atomic E-state index is 0. The topological polar surface area (TPSA) is 36.9 Å². The van der Waals surface area contributed by atoms with Crippen LogP contribution in [0.15, 0.2) is 140 Å². The number of rotatable bonds is 1. The van der Waals surface area contributed by atoms with Gasteiger partial charge in [0.15, 0.2) is 0 Å². The molecule has 4 aromatic carbocycles. The SMILES string of the molecule is C.C.CC.CC.CC.CC.CC.CC.COC.COC.COC.COc1ccccc1.[B].[B].c1ccccc1.c1ccccc1.c1ccccc1. The average molecular weight is 715 g/mol. The van der Waals surface area contributed by atoms with Gasteiger partial charge in [-0.15, -0.1) is 0 Å². The summed E-state index contributed by atoms with van der Waals surface area (Å²) in [6.45, 7) is 24.0. The van der Waals surface area contributed by atoms with Crippen molar-refractivity contribution in [1.29, 1.82) is 0 Å². The fourth-order valence-electron chi connectivity index (χ4n) is 1.71. The van der Waals surface area contributed by atoms with Crippen LogP contribution in [0.3, 0.4) is 0 Å². The predicted octanol–water partition coefficient (Wildman–Crippen LogP) is 14.2. The Morgan fingerprint density at radius 3 is 0.431 bits per heavy atom. The monoisotopic (exact) mass is 715 g/mol. The number of hydrogen-bond donors (Lipinski definition) is 0. The smallest absolute Gasteiger partial charge is 0.118 e. The van der Waals surface area contributed by atoms with Gasteiger partial charge in [0.1, 0.15) is 5.75 Å². The van der Waals surface area contributed by atoms with Crippen molar-refractivity contribution in [3.63, 3.8) is 0 Å². The Labute approximate surface area is 327 Å². The molecule has 0 saturated heterocycles. The quantitative estimate of drug-likeness (QED) is 0.184. The normalized spacial score (nSPS) is 5.94. The summed E-state index contributed by atoms with van der Waals surface area (Å²) >= 11 is 0. The lowest BCUT2D eigenvalue weighted by Crippen LogP contribution is -1.78. The maximum absolute atomic E-state index is 4.91. The van der Waals surface area contributed by atoms with Crippen LogP contribution in [0.4, 0.5) is 0 Å². The second-order valence-electron chi connectivity index (χ2n) is 6.21. The first kappa shape index (κ1) is 86.4. The zero-order valence-corrected chi connectivity index (χ0v) is 35.6. The minimum Gasteiger partial charge on any atom is -0.497 e. The molecule has 0 amide bonds. The van der Waals surface area contributed by atoms with Crippen LogP contribution in [-0.2, 0) is 14.2 Å². The summed E-state index contributed by atoms with van der Waals surface area (Å²) in [6.07, 6.45) is 0. The summed E-state index contributed by atoms with van der Waals surface area (Å²) in [5.41, 5.74) is 0. The molecule has 4 aromatic rings. The van der Waals surface area contributed by atoms with Gasteiger partial charge in [-0.3, -0.25) is 0 Å². The van der Waals surface area contributed by atoms with Crippen molar-refractivity contribution < 1.29 is 18.9 Å². The Balaban J connectivity index is -0.0000000288. The molecule has 0 fully saturated rings. The lowest BCUT2D eigenvalue weighted by Gasteiger charge is -1.93. The Hall–Kier alpha value is -3.31. The fourth-order valence-corrected chi connectivity index (χ4v) is 1.71. The number of hydrogen-bond acceptors (Lipinski definition) is 4. The summed E-state index contributed by atoms with van der Waals surface area (Å²) in [7, 11) is 11.4. The van der Waals surface area contributed by atoms with Gasteiger partial charge in [0.2, 0.25) is 0 Å². The lowest BCUT2D eigenvalue weighted by molar-refractivity contribution is 0.277. The first-order valence-corrected chi connectivity index (χ1v) is 17.0. The van der Waals surface area contributed by atoms with Crippen LogP contribution < -0.4 is 4.74 Å². The third kappa shape index (κ3) is 153. The van der Waals surface area contributed by atoms with Gasteiger partial charge in [0.05, 0.1) is 7.11 Å². The molecule has 6 radical (unpaired) electrons. The zero-order valence-electron chi connectivity index (χ0n) is 35.6. The van der Waals surface area contributed by atoms with E-state index in [1.54, 1.807) is 49.8 Å². The molecule has 298 valence electrons. The molecular formula is C45H88B2O4. The van der Waals surface area contributed by atoms with Gasteiger partial charge < -0.3 is 18.9 Å². The molecular weight excluding hydrogens is 626 g/mol. The molecule has 51 heavy (non-hydrogen) atoms. The summed E-state index contributed by atoms with van der Waals surface area (Å²) in [5.74, 6) is 0.910.